The lowest BCUT2D eigenvalue weighted by Crippen LogP contribution is -2.25. The number of pyridine rings is 1. The van der Waals surface area contributed by atoms with Crippen LogP contribution >= 0.6 is 0 Å². The number of nitrogens with zero attached hydrogens (tertiary/aromatic N) is 4. The number of carbonyl (C=O) groups excluding carboxylic acids is 2. The number of aromatic nitrogens is 3. The highest BCUT2D eigenvalue weighted by atomic mass is 16.2. The van der Waals surface area contributed by atoms with Crippen LogP contribution in [0.25, 0.3) is 5.82 Å². The summed E-state index contributed by atoms with van der Waals surface area (Å²) in [5.74, 6) is 0.677. The van der Waals surface area contributed by atoms with E-state index in [0.717, 1.165) is 24.2 Å². The van der Waals surface area contributed by atoms with Gasteiger partial charge in [0.1, 0.15) is 0 Å². The zero-order chi connectivity index (χ0) is 18.6. The summed E-state index contributed by atoms with van der Waals surface area (Å²) < 4.78 is 1.67. The summed E-state index contributed by atoms with van der Waals surface area (Å²) in [5.41, 5.74) is 2.34. The second kappa shape index (κ2) is 7.41. The van der Waals surface area contributed by atoms with E-state index in [4.69, 9.17) is 0 Å². The van der Waals surface area contributed by atoms with E-state index in [9.17, 15) is 9.59 Å². The second-order valence-electron chi connectivity index (χ2n) is 6.35. The first-order valence-electron chi connectivity index (χ1n) is 8.84. The van der Waals surface area contributed by atoms with Crippen molar-refractivity contribution in [2.75, 3.05) is 11.4 Å². The van der Waals surface area contributed by atoms with Crippen molar-refractivity contribution in [1.82, 2.24) is 20.1 Å². The van der Waals surface area contributed by atoms with Crippen LogP contribution in [0.5, 0.6) is 0 Å². The van der Waals surface area contributed by atoms with Gasteiger partial charge in [-0.1, -0.05) is 0 Å². The number of rotatable bonds is 5. The zero-order valence-electron chi connectivity index (χ0n) is 14.7. The Morgan fingerprint density at radius 2 is 2.00 bits per heavy atom. The molecule has 0 bridgehead atoms. The molecule has 3 heterocycles. The van der Waals surface area contributed by atoms with Gasteiger partial charge in [-0.15, -0.1) is 0 Å². The summed E-state index contributed by atoms with van der Waals surface area (Å²) >= 11 is 0. The third-order valence-corrected chi connectivity index (χ3v) is 4.52. The molecular weight excluding hydrogens is 342 g/mol. The Bertz CT molecular complexity index is 951. The van der Waals surface area contributed by atoms with Crippen LogP contribution in [0.4, 0.5) is 5.69 Å². The lowest BCUT2D eigenvalue weighted by atomic mass is 10.1. The Morgan fingerprint density at radius 1 is 1.15 bits per heavy atom. The van der Waals surface area contributed by atoms with Crippen LogP contribution in [0.15, 0.2) is 61.1 Å². The monoisotopic (exact) mass is 361 g/mol. The average Bonchev–Trinajstić information content (AvgIpc) is 3.38. The second-order valence-corrected chi connectivity index (χ2v) is 6.35. The number of amides is 2. The van der Waals surface area contributed by atoms with Gasteiger partial charge in [0.15, 0.2) is 5.82 Å². The number of nitrogens with one attached hydrogen (secondary N) is 1. The smallest absolute Gasteiger partial charge is 0.251 e. The first kappa shape index (κ1) is 17.0. The Kier molecular flexibility index (Phi) is 4.65. The van der Waals surface area contributed by atoms with Crippen LogP contribution in [0, 0.1) is 0 Å². The molecule has 27 heavy (non-hydrogen) atoms. The third-order valence-electron chi connectivity index (χ3n) is 4.52. The van der Waals surface area contributed by atoms with Crippen LogP contribution in [0.1, 0.15) is 28.8 Å². The zero-order valence-corrected chi connectivity index (χ0v) is 14.7. The number of anilines is 1. The number of hydrogen-bond donors (Lipinski definition) is 1. The van der Waals surface area contributed by atoms with Crippen LogP contribution in [-0.4, -0.2) is 33.1 Å². The van der Waals surface area contributed by atoms with E-state index < -0.39 is 0 Å². The highest BCUT2D eigenvalue weighted by Crippen LogP contribution is 2.21. The molecule has 0 spiro atoms. The fraction of sp³-hybridized carbons (Fsp3) is 0.200. The molecule has 1 aliphatic heterocycles. The quantitative estimate of drug-likeness (QED) is 0.756. The molecule has 2 aromatic heterocycles. The minimum Gasteiger partial charge on any atom is -0.348 e. The average molecular weight is 361 g/mol. The summed E-state index contributed by atoms with van der Waals surface area (Å²) in [6.45, 7) is 1.13. The molecule has 1 fully saturated rings. The van der Waals surface area contributed by atoms with E-state index in [2.05, 4.69) is 15.4 Å². The summed E-state index contributed by atoms with van der Waals surface area (Å²) in [6.07, 6.45) is 6.68. The normalized spacial score (nSPS) is 13.8. The fourth-order valence-electron chi connectivity index (χ4n) is 3.10. The lowest BCUT2D eigenvalue weighted by molar-refractivity contribution is -0.117. The molecule has 1 aromatic carbocycles. The van der Waals surface area contributed by atoms with Crippen molar-refractivity contribution in [2.24, 2.45) is 0 Å². The van der Waals surface area contributed by atoms with E-state index in [1.807, 2.05) is 36.5 Å². The highest BCUT2D eigenvalue weighted by molar-refractivity contribution is 5.97. The Balaban J connectivity index is 1.39. The molecule has 0 atom stereocenters. The molecule has 136 valence electrons. The Labute approximate surface area is 156 Å². The predicted octanol–water partition coefficient (Wildman–Crippen LogP) is 2.32. The molecule has 2 amide bonds. The van der Waals surface area contributed by atoms with Gasteiger partial charge in [0.2, 0.25) is 5.91 Å². The first-order chi connectivity index (χ1) is 13.2. The maximum Gasteiger partial charge on any atom is 0.251 e. The van der Waals surface area contributed by atoms with Crippen molar-refractivity contribution < 1.29 is 9.59 Å². The van der Waals surface area contributed by atoms with Crippen molar-refractivity contribution in [2.45, 2.75) is 19.4 Å². The van der Waals surface area contributed by atoms with Gasteiger partial charge in [-0.2, -0.15) is 5.10 Å². The molecule has 7 nitrogen and oxygen atoms in total. The minimum atomic E-state index is -0.160. The summed E-state index contributed by atoms with van der Waals surface area (Å²) in [6, 6.07) is 12.7. The SMILES string of the molecule is O=C(NCc1ccnc(-n2cccn2)c1)c1ccc(N2CCCC2=O)cc1. The van der Waals surface area contributed by atoms with E-state index in [1.165, 1.54) is 0 Å². The molecule has 3 aromatic rings. The molecule has 1 aliphatic rings. The van der Waals surface area contributed by atoms with E-state index in [-0.39, 0.29) is 11.8 Å². The number of benzene rings is 1. The third kappa shape index (κ3) is 3.72. The van der Waals surface area contributed by atoms with Gasteiger partial charge < -0.3 is 10.2 Å². The molecule has 4 rings (SSSR count). The van der Waals surface area contributed by atoms with Crippen molar-refractivity contribution in [1.29, 1.82) is 0 Å². The number of carbonyl (C=O) groups is 2. The van der Waals surface area contributed by atoms with E-state index >= 15 is 0 Å². The van der Waals surface area contributed by atoms with Gasteiger partial charge in [-0.3, -0.25) is 9.59 Å². The van der Waals surface area contributed by atoms with Gasteiger partial charge in [0.05, 0.1) is 0 Å². The van der Waals surface area contributed by atoms with Crippen LogP contribution in [0.3, 0.4) is 0 Å². The maximum atomic E-state index is 12.4. The Morgan fingerprint density at radius 3 is 2.70 bits per heavy atom. The topological polar surface area (TPSA) is 80.1 Å². The molecule has 1 N–H and O–H groups in total. The van der Waals surface area contributed by atoms with Gasteiger partial charge in [-0.05, 0) is 54.4 Å². The summed E-state index contributed by atoms with van der Waals surface area (Å²) in [7, 11) is 0. The van der Waals surface area contributed by atoms with Crippen LogP contribution in [0.2, 0.25) is 0 Å². The molecular formula is C20H19N5O2. The fourth-order valence-corrected chi connectivity index (χ4v) is 3.10. The molecule has 0 saturated carbocycles. The van der Waals surface area contributed by atoms with Crippen molar-refractivity contribution >= 4 is 17.5 Å². The summed E-state index contributed by atoms with van der Waals surface area (Å²) in [4.78, 5) is 30.2. The van der Waals surface area contributed by atoms with Gasteiger partial charge in [-0.25, -0.2) is 9.67 Å². The Hall–Kier alpha value is -3.48. The molecule has 0 unspecified atom stereocenters. The van der Waals surface area contributed by atoms with Crippen molar-refractivity contribution in [3.63, 3.8) is 0 Å². The van der Waals surface area contributed by atoms with Crippen molar-refractivity contribution in [3.05, 3.63) is 72.2 Å². The molecule has 7 heteroatoms. The predicted molar refractivity (Wildman–Crippen MR) is 101 cm³/mol. The largest absolute Gasteiger partial charge is 0.348 e. The standard InChI is InChI=1S/C20H19N5O2/c26-19-3-1-11-24(19)17-6-4-16(5-7-17)20(27)22-14-15-8-10-21-18(13-15)25-12-2-9-23-25/h2,4-10,12-13H,1,3,11,14H2,(H,22,27). The highest BCUT2D eigenvalue weighted by Gasteiger charge is 2.21. The minimum absolute atomic E-state index is 0.137. The lowest BCUT2D eigenvalue weighted by Gasteiger charge is -2.15. The number of hydrogen-bond acceptors (Lipinski definition) is 4. The van der Waals surface area contributed by atoms with E-state index in [1.54, 1.807) is 34.1 Å². The van der Waals surface area contributed by atoms with Crippen LogP contribution in [-0.2, 0) is 11.3 Å². The molecule has 1 saturated heterocycles. The summed E-state index contributed by atoms with van der Waals surface area (Å²) in [5, 5.41) is 7.06. The molecule has 0 aliphatic carbocycles. The van der Waals surface area contributed by atoms with Crippen LogP contribution < -0.4 is 10.2 Å². The van der Waals surface area contributed by atoms with Gasteiger partial charge in [0.25, 0.3) is 5.91 Å². The van der Waals surface area contributed by atoms with Gasteiger partial charge >= 0.3 is 0 Å². The first-order valence-corrected chi connectivity index (χ1v) is 8.84. The van der Waals surface area contributed by atoms with Crippen molar-refractivity contribution in [3.8, 4) is 5.82 Å². The maximum absolute atomic E-state index is 12.4. The van der Waals surface area contributed by atoms with Gasteiger partial charge in [0, 0.05) is 49.4 Å². The van der Waals surface area contributed by atoms with E-state index in [0.29, 0.717) is 24.3 Å². The molecule has 0 radical (unpaired) electrons.